The lowest BCUT2D eigenvalue weighted by Gasteiger charge is -2.11. The van der Waals surface area contributed by atoms with Gasteiger partial charge in [-0.05, 0) is 37.0 Å². The zero-order chi connectivity index (χ0) is 17.2. The van der Waals surface area contributed by atoms with Crippen LogP contribution in [0.5, 0.6) is 11.5 Å². The summed E-state index contributed by atoms with van der Waals surface area (Å²) in [4.78, 5) is 16.0. The minimum Gasteiger partial charge on any atom is -0.493 e. The smallest absolute Gasteiger partial charge is 0.315 e. The van der Waals surface area contributed by atoms with Gasteiger partial charge in [-0.25, -0.2) is 9.78 Å². The summed E-state index contributed by atoms with van der Waals surface area (Å²) >= 11 is 1.67. The zero-order valence-corrected chi connectivity index (χ0v) is 14.8. The van der Waals surface area contributed by atoms with Gasteiger partial charge in [0.25, 0.3) is 0 Å². The molecule has 0 aliphatic carbocycles. The van der Waals surface area contributed by atoms with Gasteiger partial charge in [0.05, 0.1) is 19.2 Å². The van der Waals surface area contributed by atoms with Gasteiger partial charge in [-0.1, -0.05) is 6.07 Å². The first-order valence-electron chi connectivity index (χ1n) is 7.84. The topological polar surface area (TPSA) is 72.5 Å². The fourth-order valence-electron chi connectivity index (χ4n) is 2.22. The molecular weight excluding hydrogens is 326 g/mol. The number of urea groups is 1. The lowest BCUT2D eigenvalue weighted by molar-refractivity contribution is 0.240. The van der Waals surface area contributed by atoms with Crippen LogP contribution in [0.15, 0.2) is 29.8 Å². The Balaban J connectivity index is 1.64. The molecule has 0 bridgehead atoms. The minimum atomic E-state index is -0.168. The number of rotatable bonds is 9. The molecule has 6 nitrogen and oxygen atoms in total. The number of unbranched alkanes of at least 4 members (excludes halogenated alkanes) is 1. The van der Waals surface area contributed by atoms with E-state index in [9.17, 15) is 4.79 Å². The Hall–Kier alpha value is -2.28. The predicted octanol–water partition coefficient (Wildman–Crippen LogP) is 2.98. The monoisotopic (exact) mass is 349 g/mol. The van der Waals surface area contributed by atoms with E-state index in [0.717, 1.165) is 29.8 Å². The molecule has 0 unspecified atom stereocenters. The first kappa shape index (κ1) is 18.1. The summed E-state index contributed by atoms with van der Waals surface area (Å²) in [6.45, 7) is 1.09. The molecule has 0 aliphatic rings. The maximum absolute atomic E-state index is 11.8. The molecule has 0 radical (unpaired) electrons. The van der Waals surface area contributed by atoms with Crippen LogP contribution in [0.2, 0.25) is 0 Å². The number of nitrogens with zero attached hydrogens (tertiary/aromatic N) is 1. The molecule has 0 spiro atoms. The van der Waals surface area contributed by atoms with E-state index < -0.39 is 0 Å². The maximum atomic E-state index is 11.8. The second kappa shape index (κ2) is 9.77. The van der Waals surface area contributed by atoms with Crippen LogP contribution < -0.4 is 20.1 Å². The van der Waals surface area contributed by atoms with Crippen LogP contribution in [0, 0.1) is 0 Å². The number of benzene rings is 1. The van der Waals surface area contributed by atoms with E-state index in [4.69, 9.17) is 9.47 Å². The van der Waals surface area contributed by atoms with Gasteiger partial charge < -0.3 is 20.1 Å². The van der Waals surface area contributed by atoms with Crippen molar-refractivity contribution in [1.82, 2.24) is 15.6 Å². The van der Waals surface area contributed by atoms with Crippen LogP contribution in [0.25, 0.3) is 0 Å². The highest BCUT2D eigenvalue weighted by Gasteiger charge is 2.06. The van der Waals surface area contributed by atoms with Crippen molar-refractivity contribution in [3.8, 4) is 11.5 Å². The van der Waals surface area contributed by atoms with E-state index in [0.29, 0.717) is 24.6 Å². The zero-order valence-electron chi connectivity index (χ0n) is 14.0. The van der Waals surface area contributed by atoms with Crippen LogP contribution in [-0.4, -0.2) is 31.8 Å². The van der Waals surface area contributed by atoms with Crippen molar-refractivity contribution in [3.63, 3.8) is 0 Å². The van der Waals surface area contributed by atoms with Gasteiger partial charge in [-0.2, -0.15) is 0 Å². The Morgan fingerprint density at radius 3 is 2.71 bits per heavy atom. The van der Waals surface area contributed by atoms with Crippen molar-refractivity contribution in [2.24, 2.45) is 0 Å². The maximum Gasteiger partial charge on any atom is 0.315 e. The normalized spacial score (nSPS) is 10.2. The average molecular weight is 349 g/mol. The largest absolute Gasteiger partial charge is 0.493 e. The Morgan fingerprint density at radius 2 is 2.00 bits per heavy atom. The van der Waals surface area contributed by atoms with E-state index in [1.165, 1.54) is 0 Å². The average Bonchev–Trinajstić information content (AvgIpc) is 3.12. The highest BCUT2D eigenvalue weighted by atomic mass is 32.1. The Bertz CT molecular complexity index is 632. The third kappa shape index (κ3) is 5.73. The number of thiazole rings is 1. The van der Waals surface area contributed by atoms with Crippen LogP contribution >= 0.6 is 11.3 Å². The van der Waals surface area contributed by atoms with Crippen LogP contribution in [-0.2, 0) is 13.0 Å². The van der Waals surface area contributed by atoms with E-state index in [1.807, 2.05) is 29.8 Å². The summed E-state index contributed by atoms with van der Waals surface area (Å²) in [5.74, 6) is 1.32. The van der Waals surface area contributed by atoms with E-state index >= 15 is 0 Å². The van der Waals surface area contributed by atoms with Crippen molar-refractivity contribution in [2.75, 3.05) is 20.8 Å². The standard InChI is InChI=1S/C17H23N3O3S/c1-22-14-7-6-13(11-15(14)23-2)12-20-17(21)19-8-4-3-5-16-18-9-10-24-16/h6-7,9-11H,3-5,8,12H2,1-2H3,(H2,19,20,21). The van der Waals surface area contributed by atoms with Crippen LogP contribution in [0.3, 0.4) is 0 Å². The van der Waals surface area contributed by atoms with Gasteiger partial charge in [0, 0.05) is 24.7 Å². The quantitative estimate of drug-likeness (QED) is 0.683. The molecule has 1 aromatic heterocycles. The first-order chi connectivity index (χ1) is 11.7. The Morgan fingerprint density at radius 1 is 1.17 bits per heavy atom. The summed E-state index contributed by atoms with van der Waals surface area (Å²) in [5.41, 5.74) is 0.951. The number of aromatic nitrogens is 1. The molecule has 2 aromatic rings. The van der Waals surface area contributed by atoms with E-state index in [2.05, 4.69) is 15.6 Å². The molecule has 2 N–H and O–H groups in total. The third-order valence-corrected chi connectivity index (χ3v) is 4.33. The number of methoxy groups -OCH3 is 2. The van der Waals surface area contributed by atoms with Gasteiger partial charge in [0.1, 0.15) is 0 Å². The molecule has 24 heavy (non-hydrogen) atoms. The molecule has 7 heteroatoms. The van der Waals surface area contributed by atoms with Crippen molar-refractivity contribution < 1.29 is 14.3 Å². The lowest BCUT2D eigenvalue weighted by Crippen LogP contribution is -2.35. The van der Waals surface area contributed by atoms with Crippen LogP contribution in [0.1, 0.15) is 23.4 Å². The summed E-state index contributed by atoms with van der Waals surface area (Å²) in [6.07, 6.45) is 4.74. The summed E-state index contributed by atoms with van der Waals surface area (Å²) < 4.78 is 10.4. The van der Waals surface area contributed by atoms with Crippen molar-refractivity contribution >= 4 is 17.4 Å². The number of amides is 2. The van der Waals surface area contributed by atoms with Gasteiger partial charge in [0.15, 0.2) is 11.5 Å². The second-order valence-electron chi connectivity index (χ2n) is 5.18. The van der Waals surface area contributed by atoms with Gasteiger partial charge in [-0.15, -0.1) is 11.3 Å². The number of nitrogens with one attached hydrogen (secondary N) is 2. The Kier molecular flexibility index (Phi) is 7.35. The first-order valence-corrected chi connectivity index (χ1v) is 8.72. The Labute approximate surface area is 146 Å². The number of carbonyl (C=O) groups excluding carboxylic acids is 1. The van der Waals surface area contributed by atoms with Crippen molar-refractivity contribution in [3.05, 3.63) is 40.3 Å². The molecule has 0 atom stereocenters. The molecule has 1 heterocycles. The van der Waals surface area contributed by atoms with Crippen molar-refractivity contribution in [2.45, 2.75) is 25.8 Å². The second-order valence-corrected chi connectivity index (χ2v) is 6.16. The highest BCUT2D eigenvalue weighted by Crippen LogP contribution is 2.27. The SMILES string of the molecule is COc1ccc(CNC(=O)NCCCCc2nccs2)cc1OC. The number of ether oxygens (including phenoxy) is 2. The number of aryl methyl sites for hydroxylation is 1. The molecular formula is C17H23N3O3S. The third-order valence-electron chi connectivity index (χ3n) is 3.49. The molecule has 2 rings (SSSR count). The fraction of sp³-hybridized carbons (Fsp3) is 0.412. The number of hydrogen-bond donors (Lipinski definition) is 2. The lowest BCUT2D eigenvalue weighted by atomic mass is 10.2. The molecule has 130 valence electrons. The predicted molar refractivity (Wildman–Crippen MR) is 94.8 cm³/mol. The molecule has 2 amide bonds. The van der Waals surface area contributed by atoms with Gasteiger partial charge in [-0.3, -0.25) is 0 Å². The number of carbonyl (C=O) groups is 1. The fourth-order valence-corrected chi connectivity index (χ4v) is 2.88. The summed E-state index contributed by atoms with van der Waals surface area (Å²) in [6, 6.07) is 5.41. The minimum absolute atomic E-state index is 0.168. The molecule has 0 aliphatic heterocycles. The number of hydrogen-bond acceptors (Lipinski definition) is 5. The van der Waals surface area contributed by atoms with Crippen LogP contribution in [0.4, 0.5) is 4.79 Å². The van der Waals surface area contributed by atoms with E-state index in [1.54, 1.807) is 25.6 Å². The van der Waals surface area contributed by atoms with Crippen molar-refractivity contribution in [1.29, 1.82) is 0 Å². The summed E-state index contributed by atoms with van der Waals surface area (Å²) in [7, 11) is 3.19. The van der Waals surface area contributed by atoms with Gasteiger partial charge in [0.2, 0.25) is 0 Å². The van der Waals surface area contributed by atoms with Gasteiger partial charge >= 0.3 is 6.03 Å². The highest BCUT2D eigenvalue weighted by molar-refractivity contribution is 7.09. The molecule has 0 saturated heterocycles. The summed E-state index contributed by atoms with van der Waals surface area (Å²) in [5, 5.41) is 8.82. The molecule has 0 saturated carbocycles. The van der Waals surface area contributed by atoms with E-state index in [-0.39, 0.29) is 6.03 Å². The molecule has 0 fully saturated rings. The molecule has 1 aromatic carbocycles.